The number of nitro benzene ring substituents is 1. The number of amides is 1. The van der Waals surface area contributed by atoms with Crippen LogP contribution in [0.2, 0.25) is 0 Å². The number of non-ortho nitro benzene ring substituents is 1. The number of nitrogens with one attached hydrogen (secondary N) is 1. The van der Waals surface area contributed by atoms with E-state index in [4.69, 9.17) is 9.47 Å². The van der Waals surface area contributed by atoms with E-state index >= 15 is 0 Å². The van der Waals surface area contributed by atoms with Gasteiger partial charge in [0, 0.05) is 17.7 Å². The Morgan fingerprint density at radius 1 is 1.24 bits per heavy atom. The molecule has 0 aliphatic heterocycles. The van der Waals surface area contributed by atoms with Gasteiger partial charge in [-0.05, 0) is 25.1 Å². The highest BCUT2D eigenvalue weighted by molar-refractivity contribution is 6.03. The highest BCUT2D eigenvalue weighted by Gasteiger charge is 2.12. The fourth-order valence-corrected chi connectivity index (χ4v) is 2.14. The maximum absolute atomic E-state index is 12.1. The van der Waals surface area contributed by atoms with E-state index in [1.165, 1.54) is 31.4 Å². The molecule has 25 heavy (non-hydrogen) atoms. The van der Waals surface area contributed by atoms with Crippen LogP contribution < -0.4 is 14.8 Å². The summed E-state index contributed by atoms with van der Waals surface area (Å²) in [5, 5.41) is 13.4. The number of rotatable bonds is 7. The molecule has 2 aromatic carbocycles. The average Bonchev–Trinajstić information content (AvgIpc) is 2.61. The maximum atomic E-state index is 12.1. The van der Waals surface area contributed by atoms with Gasteiger partial charge in [-0.2, -0.15) is 0 Å². The smallest absolute Gasteiger partial charge is 0.273 e. The van der Waals surface area contributed by atoms with Crippen LogP contribution in [-0.2, 0) is 4.79 Å². The van der Waals surface area contributed by atoms with Gasteiger partial charge in [-0.3, -0.25) is 14.9 Å². The van der Waals surface area contributed by atoms with Crippen LogP contribution in [0.5, 0.6) is 11.5 Å². The van der Waals surface area contributed by atoms with Crippen molar-refractivity contribution in [1.29, 1.82) is 0 Å². The van der Waals surface area contributed by atoms with Gasteiger partial charge in [0.05, 0.1) is 30.4 Å². The number of anilines is 1. The number of nitro groups is 1. The van der Waals surface area contributed by atoms with Gasteiger partial charge in [-0.25, -0.2) is 0 Å². The van der Waals surface area contributed by atoms with Gasteiger partial charge >= 0.3 is 0 Å². The van der Waals surface area contributed by atoms with Gasteiger partial charge < -0.3 is 14.8 Å². The second kappa shape index (κ2) is 8.49. The minimum atomic E-state index is -0.529. The Balaban J connectivity index is 2.14. The SMILES string of the molecule is CCOc1ccccc1/C=C/C(=O)Nc1ccc([N+](=O)[O-])cc1OC. The van der Waals surface area contributed by atoms with Crippen molar-refractivity contribution in [2.45, 2.75) is 6.92 Å². The lowest BCUT2D eigenvalue weighted by Crippen LogP contribution is -2.09. The van der Waals surface area contributed by atoms with Gasteiger partial charge in [-0.15, -0.1) is 0 Å². The molecule has 0 saturated carbocycles. The number of methoxy groups -OCH3 is 1. The number of hydrogen-bond donors (Lipinski definition) is 1. The molecule has 0 aromatic heterocycles. The van der Waals surface area contributed by atoms with Crippen molar-refractivity contribution < 1.29 is 19.2 Å². The standard InChI is InChI=1S/C18H18N2O5/c1-3-25-16-7-5-4-6-13(16)8-11-18(21)19-15-10-9-14(20(22)23)12-17(15)24-2/h4-12H,3H2,1-2H3,(H,19,21)/b11-8+. The molecular formula is C18H18N2O5. The van der Waals surface area contributed by atoms with Crippen molar-refractivity contribution in [3.8, 4) is 11.5 Å². The Morgan fingerprint density at radius 3 is 2.68 bits per heavy atom. The minimum Gasteiger partial charge on any atom is -0.494 e. The van der Waals surface area contributed by atoms with Crippen LogP contribution in [-0.4, -0.2) is 24.5 Å². The Bertz CT molecular complexity index is 802. The molecule has 0 heterocycles. The molecule has 1 N–H and O–H groups in total. The molecule has 1 amide bonds. The van der Waals surface area contributed by atoms with E-state index in [9.17, 15) is 14.9 Å². The fraction of sp³-hybridized carbons (Fsp3) is 0.167. The predicted octanol–water partition coefficient (Wildman–Crippen LogP) is 3.65. The van der Waals surface area contributed by atoms with Crippen molar-refractivity contribution in [1.82, 2.24) is 0 Å². The Morgan fingerprint density at radius 2 is 2.00 bits per heavy atom. The van der Waals surface area contributed by atoms with Crippen molar-refractivity contribution in [3.05, 3.63) is 64.2 Å². The average molecular weight is 342 g/mol. The molecule has 0 aliphatic carbocycles. The van der Waals surface area contributed by atoms with Gasteiger partial charge in [0.25, 0.3) is 5.69 Å². The summed E-state index contributed by atoms with van der Waals surface area (Å²) in [5.41, 5.74) is 1.01. The lowest BCUT2D eigenvalue weighted by Gasteiger charge is -2.09. The van der Waals surface area contributed by atoms with Gasteiger partial charge in [0.2, 0.25) is 5.91 Å². The highest BCUT2D eigenvalue weighted by atomic mass is 16.6. The van der Waals surface area contributed by atoms with Crippen LogP contribution in [0.1, 0.15) is 12.5 Å². The van der Waals surface area contributed by atoms with Crippen LogP contribution in [0.25, 0.3) is 6.08 Å². The van der Waals surface area contributed by atoms with Crippen molar-refractivity contribution >= 4 is 23.4 Å². The number of nitrogens with zero attached hydrogens (tertiary/aromatic N) is 1. The number of carbonyl (C=O) groups is 1. The Labute approximate surface area is 145 Å². The zero-order valence-electron chi connectivity index (χ0n) is 13.9. The van der Waals surface area contributed by atoms with Gasteiger partial charge in [-0.1, -0.05) is 18.2 Å². The molecule has 7 heteroatoms. The molecule has 130 valence electrons. The molecule has 0 aliphatic rings. The topological polar surface area (TPSA) is 90.7 Å². The molecule has 0 unspecified atom stereocenters. The normalized spacial score (nSPS) is 10.5. The van der Waals surface area contributed by atoms with Gasteiger partial charge in [0.15, 0.2) is 0 Å². The first-order valence-corrected chi connectivity index (χ1v) is 7.58. The summed E-state index contributed by atoms with van der Waals surface area (Å²) in [6.07, 6.45) is 3.00. The molecule has 0 atom stereocenters. The van der Waals surface area contributed by atoms with Crippen LogP contribution in [0, 0.1) is 10.1 Å². The third kappa shape index (κ3) is 4.81. The summed E-state index contributed by atoms with van der Waals surface area (Å²) in [4.78, 5) is 22.4. The third-order valence-electron chi connectivity index (χ3n) is 3.29. The zero-order valence-corrected chi connectivity index (χ0v) is 13.9. The first kappa shape index (κ1) is 18.0. The molecule has 2 rings (SSSR count). The molecule has 0 spiro atoms. The summed E-state index contributed by atoms with van der Waals surface area (Å²) in [7, 11) is 1.38. The molecular weight excluding hydrogens is 324 g/mol. The monoisotopic (exact) mass is 342 g/mol. The largest absolute Gasteiger partial charge is 0.494 e. The van der Waals surface area contributed by atoms with Crippen LogP contribution in [0.4, 0.5) is 11.4 Å². The lowest BCUT2D eigenvalue weighted by atomic mass is 10.2. The highest BCUT2D eigenvalue weighted by Crippen LogP contribution is 2.29. The molecule has 0 saturated heterocycles. The number of hydrogen-bond acceptors (Lipinski definition) is 5. The van der Waals surface area contributed by atoms with Crippen molar-refractivity contribution in [2.24, 2.45) is 0 Å². The van der Waals surface area contributed by atoms with E-state index in [-0.39, 0.29) is 11.4 Å². The first-order valence-electron chi connectivity index (χ1n) is 7.58. The lowest BCUT2D eigenvalue weighted by molar-refractivity contribution is -0.384. The van der Waals surface area contributed by atoms with Gasteiger partial charge in [0.1, 0.15) is 11.5 Å². The van der Waals surface area contributed by atoms with E-state index in [2.05, 4.69) is 5.32 Å². The van der Waals surface area contributed by atoms with E-state index in [0.717, 1.165) is 5.56 Å². The fourth-order valence-electron chi connectivity index (χ4n) is 2.14. The quantitative estimate of drug-likeness (QED) is 0.471. The number of para-hydroxylation sites is 1. The first-order chi connectivity index (χ1) is 12.0. The van der Waals surface area contributed by atoms with Crippen LogP contribution >= 0.6 is 0 Å². The Kier molecular flexibility index (Phi) is 6.11. The zero-order chi connectivity index (χ0) is 18.2. The number of benzene rings is 2. The van der Waals surface area contributed by atoms with E-state index in [0.29, 0.717) is 18.0 Å². The number of carbonyl (C=O) groups excluding carboxylic acids is 1. The van der Waals surface area contributed by atoms with Crippen LogP contribution in [0.15, 0.2) is 48.5 Å². The summed E-state index contributed by atoms with van der Waals surface area (Å²) >= 11 is 0. The molecule has 0 fully saturated rings. The van der Waals surface area contributed by atoms with Crippen molar-refractivity contribution in [2.75, 3.05) is 19.0 Å². The minimum absolute atomic E-state index is 0.115. The number of ether oxygens (including phenoxy) is 2. The molecule has 0 bridgehead atoms. The maximum Gasteiger partial charge on any atom is 0.273 e. The molecule has 2 aromatic rings. The molecule has 0 radical (unpaired) electrons. The van der Waals surface area contributed by atoms with Crippen LogP contribution in [0.3, 0.4) is 0 Å². The third-order valence-corrected chi connectivity index (χ3v) is 3.29. The Hall–Kier alpha value is -3.35. The second-order valence-corrected chi connectivity index (χ2v) is 4.94. The predicted molar refractivity (Wildman–Crippen MR) is 94.9 cm³/mol. The molecule has 7 nitrogen and oxygen atoms in total. The summed E-state index contributed by atoms with van der Waals surface area (Å²) in [5.74, 6) is 0.506. The summed E-state index contributed by atoms with van der Waals surface area (Å²) < 4.78 is 10.6. The van der Waals surface area contributed by atoms with E-state index < -0.39 is 10.8 Å². The second-order valence-electron chi connectivity index (χ2n) is 4.94. The van der Waals surface area contributed by atoms with E-state index in [1.807, 2.05) is 31.2 Å². The van der Waals surface area contributed by atoms with E-state index in [1.54, 1.807) is 6.08 Å². The van der Waals surface area contributed by atoms with Crippen molar-refractivity contribution in [3.63, 3.8) is 0 Å². The summed E-state index contributed by atoms with van der Waals surface area (Å²) in [6.45, 7) is 2.41. The summed E-state index contributed by atoms with van der Waals surface area (Å²) in [6, 6.07) is 11.3.